The van der Waals surface area contributed by atoms with E-state index in [0.717, 1.165) is 34.4 Å². The Balaban J connectivity index is 1.45. The lowest BCUT2D eigenvalue weighted by Gasteiger charge is -2.18. The second-order valence-corrected chi connectivity index (χ2v) is 14.5. The third-order valence-electron chi connectivity index (χ3n) is 5.76. The zero-order valence-corrected chi connectivity index (χ0v) is 20.9. The number of fused-ring (bicyclic) bond motifs is 3. The molecule has 3 aromatic rings. The van der Waals surface area contributed by atoms with Gasteiger partial charge in [0, 0.05) is 18.0 Å². The highest BCUT2D eigenvalue weighted by atomic mass is 28.3. The molecule has 0 radical (unpaired) electrons. The highest BCUT2D eigenvalue weighted by molar-refractivity contribution is 6.83. The van der Waals surface area contributed by atoms with E-state index in [9.17, 15) is 17.7 Å². The Kier molecular flexibility index (Phi) is 6.82. The van der Waals surface area contributed by atoms with Gasteiger partial charge >= 0.3 is 13.1 Å². The Morgan fingerprint density at radius 1 is 0.971 bits per heavy atom. The maximum Gasteiger partial charge on any atom is 0.509 e. The number of ether oxygens (including phenoxy) is 1. The highest BCUT2D eigenvalue weighted by Gasteiger charge is 2.29. The summed E-state index contributed by atoms with van der Waals surface area (Å²) in [6.07, 6.45) is -0.676. The van der Waals surface area contributed by atoms with Crippen molar-refractivity contribution in [2.24, 2.45) is 0 Å². The quantitative estimate of drug-likeness (QED) is 0.350. The number of carbonyl (C=O) groups is 1. The molecular weight excluding hydrogens is 466 g/mol. The molecule has 35 heavy (non-hydrogen) atoms. The van der Waals surface area contributed by atoms with Gasteiger partial charge in [-0.25, -0.2) is 4.79 Å². The van der Waals surface area contributed by atoms with Gasteiger partial charge in [-0.05, 0) is 33.9 Å². The maximum absolute atomic E-state index is 13.5. The summed E-state index contributed by atoms with van der Waals surface area (Å²) in [6, 6.07) is 19.7. The van der Waals surface area contributed by atoms with Gasteiger partial charge in [0.2, 0.25) is 0 Å². The van der Waals surface area contributed by atoms with Gasteiger partial charge in [0.15, 0.2) is 0 Å². The lowest BCUT2D eigenvalue weighted by Crippen LogP contribution is -2.35. The molecule has 180 valence electrons. The van der Waals surface area contributed by atoms with E-state index in [0.29, 0.717) is 11.1 Å². The highest BCUT2D eigenvalue weighted by Crippen LogP contribution is 2.44. The van der Waals surface area contributed by atoms with Crippen LogP contribution in [-0.2, 0) is 11.3 Å². The van der Waals surface area contributed by atoms with Crippen LogP contribution >= 0.6 is 0 Å². The largest absolute Gasteiger partial charge is 0.509 e. The fraction of sp³-hybridized carbons (Fsp3) is 0.222. The monoisotopic (exact) mass is 492 g/mol. The maximum atomic E-state index is 13.5. The van der Waals surface area contributed by atoms with Crippen molar-refractivity contribution in [3.63, 3.8) is 0 Å². The summed E-state index contributed by atoms with van der Waals surface area (Å²) in [5.41, 5.74) is 7.42. The molecule has 1 aliphatic carbocycles. The van der Waals surface area contributed by atoms with Crippen LogP contribution in [0.25, 0.3) is 11.1 Å². The van der Waals surface area contributed by atoms with Gasteiger partial charge in [0.25, 0.3) is 0 Å². The van der Waals surface area contributed by atoms with E-state index >= 15 is 0 Å². The predicted molar refractivity (Wildman–Crippen MR) is 137 cm³/mol. The van der Waals surface area contributed by atoms with Gasteiger partial charge in [0.1, 0.15) is 14.7 Å². The lowest BCUT2D eigenvalue weighted by atomic mass is 9.78. The average Bonchev–Trinajstić information content (AvgIpc) is 3.13. The van der Waals surface area contributed by atoms with Gasteiger partial charge in [0.05, 0.1) is 0 Å². The molecule has 0 saturated carbocycles. The number of nitrogens with one attached hydrogen (secondary N) is 1. The van der Waals surface area contributed by atoms with Crippen molar-refractivity contribution in [3.05, 3.63) is 89.0 Å². The summed E-state index contributed by atoms with van der Waals surface area (Å²) in [5.74, 6) is 2.79. The Labute approximate surface area is 204 Å². The minimum absolute atomic E-state index is 0.0850. The average molecular weight is 492 g/mol. The number of amides is 1. The van der Waals surface area contributed by atoms with Gasteiger partial charge in [-0.3, -0.25) is 0 Å². The first-order chi connectivity index (χ1) is 16.5. The van der Waals surface area contributed by atoms with E-state index in [1.165, 1.54) is 0 Å². The molecule has 0 heterocycles. The number of carbonyl (C=O) groups excluding carboxylic acids is 1. The van der Waals surface area contributed by atoms with Crippen LogP contribution < -0.4 is 10.8 Å². The van der Waals surface area contributed by atoms with Crippen LogP contribution in [0.4, 0.5) is 17.7 Å². The van der Waals surface area contributed by atoms with Crippen molar-refractivity contribution in [3.8, 4) is 22.6 Å². The first-order valence-corrected chi connectivity index (χ1v) is 15.0. The SMILES string of the molecule is C[Si](C)(C)C#Cc1cc(CNC(=O)OCC2c3ccccc3-c3ccccc32)cc([B-](F)(F)F)c1. The van der Waals surface area contributed by atoms with E-state index < -0.39 is 26.6 Å². The van der Waals surface area contributed by atoms with Crippen molar-refractivity contribution >= 4 is 26.6 Å². The molecule has 0 atom stereocenters. The van der Waals surface area contributed by atoms with Gasteiger partial charge in [-0.15, -0.1) is 11.0 Å². The van der Waals surface area contributed by atoms with Crippen molar-refractivity contribution in [1.29, 1.82) is 0 Å². The van der Waals surface area contributed by atoms with Crippen LogP contribution in [0.2, 0.25) is 19.6 Å². The van der Waals surface area contributed by atoms with E-state index in [4.69, 9.17) is 4.74 Å². The molecule has 1 N–H and O–H groups in total. The van der Waals surface area contributed by atoms with Crippen LogP contribution in [0.1, 0.15) is 28.2 Å². The van der Waals surface area contributed by atoms with Gasteiger partial charge in [-0.1, -0.05) is 86.2 Å². The summed E-state index contributed by atoms with van der Waals surface area (Å²) >= 11 is 0. The lowest BCUT2D eigenvalue weighted by molar-refractivity contribution is 0.142. The molecule has 0 bridgehead atoms. The molecule has 8 heteroatoms. The van der Waals surface area contributed by atoms with Crippen molar-refractivity contribution < 1.29 is 22.5 Å². The normalized spacial score (nSPS) is 12.9. The minimum atomic E-state index is -5.19. The molecule has 0 spiro atoms. The third kappa shape index (κ3) is 5.98. The van der Waals surface area contributed by atoms with E-state index in [1.807, 2.05) is 68.2 Å². The molecule has 1 amide bonds. The summed E-state index contributed by atoms with van der Waals surface area (Å²) in [4.78, 5) is 12.4. The Hall–Kier alpha value is -3.44. The van der Waals surface area contributed by atoms with Crippen LogP contribution in [0.3, 0.4) is 0 Å². The molecule has 0 saturated heterocycles. The molecule has 3 nitrogen and oxygen atoms in total. The predicted octanol–water partition coefficient (Wildman–Crippen LogP) is 6.01. The van der Waals surface area contributed by atoms with E-state index in [-0.39, 0.29) is 19.1 Å². The van der Waals surface area contributed by atoms with Crippen LogP contribution in [0.5, 0.6) is 0 Å². The number of hydrogen-bond donors (Lipinski definition) is 1. The standard InChI is InChI=1S/C27H26BF3NO2Si/c1-35(2,3)13-12-19-14-20(16-21(15-19)28(29,30)31)17-32-27(33)34-18-26-24-10-6-4-8-22(24)23-9-5-7-11-25(23)26/h4-11,14-16,26H,17-18H2,1-3H3,(H,32,33)/q-1. The third-order valence-corrected chi connectivity index (χ3v) is 6.63. The van der Waals surface area contributed by atoms with Gasteiger partial charge in [-0.2, -0.15) is 0 Å². The first kappa shape index (κ1) is 24.7. The van der Waals surface area contributed by atoms with E-state index in [2.05, 4.69) is 16.8 Å². The summed E-state index contributed by atoms with van der Waals surface area (Å²) < 4.78 is 45.9. The van der Waals surface area contributed by atoms with Crippen molar-refractivity contribution in [2.75, 3.05) is 6.61 Å². The van der Waals surface area contributed by atoms with Crippen molar-refractivity contribution in [1.82, 2.24) is 5.32 Å². The summed E-state index contributed by atoms with van der Waals surface area (Å²) in [6.45, 7) is 0.937. The van der Waals surface area contributed by atoms with Crippen molar-refractivity contribution in [2.45, 2.75) is 32.1 Å². The zero-order valence-electron chi connectivity index (χ0n) is 19.9. The molecule has 4 rings (SSSR count). The second kappa shape index (κ2) is 9.67. The molecule has 0 aliphatic heterocycles. The smallest absolute Gasteiger partial charge is 0.449 e. The summed E-state index contributed by atoms with van der Waals surface area (Å²) in [7, 11) is -1.76. The zero-order chi connectivity index (χ0) is 25.2. The molecular formula is C27H26BF3NO2Si-. The minimum Gasteiger partial charge on any atom is -0.449 e. The van der Waals surface area contributed by atoms with Crippen LogP contribution in [0, 0.1) is 11.5 Å². The molecule has 3 aromatic carbocycles. The molecule has 0 fully saturated rings. The van der Waals surface area contributed by atoms with Gasteiger partial charge < -0.3 is 23.0 Å². The molecule has 0 unspecified atom stereocenters. The van der Waals surface area contributed by atoms with Crippen LogP contribution in [-0.4, -0.2) is 27.8 Å². The topological polar surface area (TPSA) is 38.3 Å². The number of halogens is 3. The Bertz CT molecular complexity index is 1280. The fourth-order valence-corrected chi connectivity index (χ4v) is 4.68. The first-order valence-electron chi connectivity index (χ1n) is 11.5. The number of hydrogen-bond acceptors (Lipinski definition) is 2. The number of benzene rings is 3. The van der Waals surface area contributed by atoms with Crippen LogP contribution in [0.15, 0.2) is 66.7 Å². The number of alkyl carbamates (subject to hydrolysis) is 1. The molecule has 1 aliphatic rings. The number of rotatable bonds is 5. The Morgan fingerprint density at radius 3 is 2.14 bits per heavy atom. The Morgan fingerprint density at radius 2 is 1.57 bits per heavy atom. The molecule has 0 aromatic heterocycles. The second-order valence-electron chi connectivity index (χ2n) is 9.72. The van der Waals surface area contributed by atoms with E-state index in [1.54, 1.807) is 6.07 Å². The fourth-order valence-electron chi connectivity index (χ4n) is 4.16. The summed E-state index contributed by atoms with van der Waals surface area (Å²) in [5, 5.41) is 2.59.